The Morgan fingerprint density at radius 1 is 1.15 bits per heavy atom. The Morgan fingerprint density at radius 3 is 2.35 bits per heavy atom. The van der Waals surface area contributed by atoms with E-state index in [1.165, 1.54) is 0 Å². The molecule has 0 heterocycles. The van der Waals surface area contributed by atoms with Crippen LogP contribution < -0.4 is 5.32 Å². The summed E-state index contributed by atoms with van der Waals surface area (Å²) in [4.78, 5) is 0. The van der Waals surface area contributed by atoms with Crippen molar-refractivity contribution in [2.75, 3.05) is 12.4 Å². The topological polar surface area (TPSA) is 21.3 Å². The van der Waals surface area contributed by atoms with E-state index in [0.29, 0.717) is 10.2 Å². The molecule has 0 unspecified atom stereocenters. The quantitative estimate of drug-likeness (QED) is 0.841. The number of hydrogen-bond donors (Lipinski definition) is 1. The molecule has 1 N–H and O–H groups in total. The third kappa shape index (κ3) is 4.12. The molecular formula is C14H17BrF3NO. The second-order valence-electron chi connectivity index (χ2n) is 5.08. The van der Waals surface area contributed by atoms with E-state index in [4.69, 9.17) is 4.74 Å². The molecule has 2 nitrogen and oxygen atoms in total. The Kier molecular flexibility index (Phi) is 4.96. The number of halogens is 4. The van der Waals surface area contributed by atoms with E-state index in [9.17, 15) is 13.2 Å². The largest absolute Gasteiger partial charge is 0.416 e. The van der Waals surface area contributed by atoms with Crippen LogP contribution in [0.2, 0.25) is 0 Å². The van der Waals surface area contributed by atoms with E-state index in [0.717, 1.165) is 37.8 Å². The number of alkyl halides is 3. The van der Waals surface area contributed by atoms with Gasteiger partial charge in [0.05, 0.1) is 11.7 Å². The lowest BCUT2D eigenvalue weighted by Gasteiger charge is -2.29. The Labute approximate surface area is 124 Å². The maximum Gasteiger partial charge on any atom is 0.416 e. The van der Waals surface area contributed by atoms with Gasteiger partial charge in [0.1, 0.15) is 0 Å². The fraction of sp³-hybridized carbons (Fsp3) is 0.571. The average molecular weight is 352 g/mol. The van der Waals surface area contributed by atoms with Crippen molar-refractivity contribution < 1.29 is 17.9 Å². The Hall–Kier alpha value is -0.750. The third-order valence-corrected chi connectivity index (χ3v) is 4.06. The van der Waals surface area contributed by atoms with Gasteiger partial charge < -0.3 is 10.1 Å². The molecule has 1 aliphatic carbocycles. The molecule has 6 heteroatoms. The first-order valence-electron chi connectivity index (χ1n) is 6.55. The van der Waals surface area contributed by atoms with Crippen molar-refractivity contribution in [3.63, 3.8) is 0 Å². The zero-order chi connectivity index (χ0) is 14.8. The lowest BCUT2D eigenvalue weighted by molar-refractivity contribution is -0.137. The highest BCUT2D eigenvalue weighted by Gasteiger charge is 2.31. The van der Waals surface area contributed by atoms with Crippen molar-refractivity contribution in [1.29, 1.82) is 0 Å². The number of ether oxygens (including phenoxy) is 1. The minimum atomic E-state index is -4.33. The van der Waals surface area contributed by atoms with Crippen molar-refractivity contribution in [2.45, 2.75) is 44.0 Å². The summed E-state index contributed by atoms with van der Waals surface area (Å²) in [7, 11) is 1.70. The van der Waals surface area contributed by atoms with Crippen molar-refractivity contribution in [3.05, 3.63) is 28.2 Å². The molecule has 1 saturated carbocycles. The molecule has 0 aromatic heterocycles. The number of anilines is 1. The van der Waals surface area contributed by atoms with E-state index in [1.54, 1.807) is 13.2 Å². The number of hydrogen-bond acceptors (Lipinski definition) is 2. The van der Waals surface area contributed by atoms with Gasteiger partial charge in [0.15, 0.2) is 0 Å². The van der Waals surface area contributed by atoms with Crippen LogP contribution in [0.5, 0.6) is 0 Å². The third-order valence-electron chi connectivity index (χ3n) is 3.60. The fourth-order valence-electron chi connectivity index (χ4n) is 2.52. The van der Waals surface area contributed by atoms with E-state index in [1.807, 2.05) is 0 Å². The van der Waals surface area contributed by atoms with Gasteiger partial charge >= 0.3 is 6.18 Å². The van der Waals surface area contributed by atoms with Crippen LogP contribution >= 0.6 is 15.9 Å². The van der Waals surface area contributed by atoms with Crippen molar-refractivity contribution in [3.8, 4) is 0 Å². The van der Waals surface area contributed by atoms with Crippen LogP contribution in [0, 0.1) is 0 Å². The molecule has 1 aromatic carbocycles. The summed E-state index contributed by atoms with van der Waals surface area (Å²) in [5.74, 6) is 0. The summed E-state index contributed by atoms with van der Waals surface area (Å²) in [5, 5.41) is 3.19. The Morgan fingerprint density at radius 2 is 1.80 bits per heavy atom. The minimum absolute atomic E-state index is 0.205. The highest BCUT2D eigenvalue weighted by atomic mass is 79.9. The summed E-state index contributed by atoms with van der Waals surface area (Å²) in [6.07, 6.45) is -0.351. The minimum Gasteiger partial charge on any atom is -0.382 e. The molecule has 0 atom stereocenters. The molecule has 0 bridgehead atoms. The molecule has 0 saturated heterocycles. The predicted octanol–water partition coefficient (Wildman–Crippen LogP) is 4.84. The first kappa shape index (κ1) is 15.6. The number of benzene rings is 1. The average Bonchev–Trinajstić information content (AvgIpc) is 2.38. The standard InChI is InChI=1S/C14H17BrF3NO/c1-20-13-4-2-11(3-5-13)19-12-7-9(14(16,17)18)6-10(15)8-12/h6-8,11,13,19H,2-5H2,1H3. The van der Waals surface area contributed by atoms with E-state index >= 15 is 0 Å². The van der Waals surface area contributed by atoms with Gasteiger partial charge in [-0.05, 0) is 43.9 Å². The molecule has 1 aromatic rings. The number of nitrogens with one attached hydrogen (secondary N) is 1. The summed E-state index contributed by atoms with van der Waals surface area (Å²) < 4.78 is 44.0. The number of rotatable bonds is 3. The van der Waals surface area contributed by atoms with E-state index in [-0.39, 0.29) is 12.1 Å². The monoisotopic (exact) mass is 351 g/mol. The predicted molar refractivity (Wildman–Crippen MR) is 75.8 cm³/mol. The van der Waals surface area contributed by atoms with E-state index in [2.05, 4.69) is 21.2 Å². The summed E-state index contributed by atoms with van der Waals surface area (Å²) >= 11 is 3.13. The van der Waals surface area contributed by atoms with Crippen LogP contribution in [0.15, 0.2) is 22.7 Å². The normalized spacial score (nSPS) is 23.6. The SMILES string of the molecule is COC1CCC(Nc2cc(Br)cc(C(F)(F)F)c2)CC1. The molecule has 2 rings (SSSR count). The molecule has 20 heavy (non-hydrogen) atoms. The summed E-state index contributed by atoms with van der Waals surface area (Å²) in [6.45, 7) is 0. The lowest BCUT2D eigenvalue weighted by Crippen LogP contribution is -2.29. The van der Waals surface area contributed by atoms with Crippen LogP contribution in [0.1, 0.15) is 31.2 Å². The van der Waals surface area contributed by atoms with Crippen molar-refractivity contribution >= 4 is 21.6 Å². The molecule has 0 spiro atoms. The van der Waals surface area contributed by atoms with Gasteiger partial charge in [-0.1, -0.05) is 15.9 Å². The van der Waals surface area contributed by atoms with Crippen LogP contribution in [0.4, 0.5) is 18.9 Å². The zero-order valence-electron chi connectivity index (χ0n) is 11.1. The second kappa shape index (κ2) is 6.35. The lowest BCUT2D eigenvalue weighted by atomic mass is 9.93. The number of methoxy groups -OCH3 is 1. The molecule has 1 aliphatic rings. The van der Waals surface area contributed by atoms with Crippen molar-refractivity contribution in [2.24, 2.45) is 0 Å². The smallest absolute Gasteiger partial charge is 0.382 e. The summed E-state index contributed by atoms with van der Waals surface area (Å²) in [6, 6.07) is 4.13. The molecule has 112 valence electrons. The van der Waals surface area contributed by atoms with Crippen LogP contribution in [-0.2, 0) is 10.9 Å². The first-order valence-corrected chi connectivity index (χ1v) is 7.35. The Bertz CT molecular complexity index is 456. The molecule has 0 aliphatic heterocycles. The molecular weight excluding hydrogens is 335 g/mol. The molecule has 1 fully saturated rings. The van der Waals surface area contributed by atoms with Gasteiger partial charge in [0.25, 0.3) is 0 Å². The molecule has 0 amide bonds. The summed E-state index contributed by atoms with van der Waals surface area (Å²) in [5.41, 5.74) is -0.132. The van der Waals surface area contributed by atoms with Crippen LogP contribution in [0.25, 0.3) is 0 Å². The van der Waals surface area contributed by atoms with Gasteiger partial charge in [0, 0.05) is 23.3 Å². The maximum absolute atomic E-state index is 12.8. The highest BCUT2D eigenvalue weighted by molar-refractivity contribution is 9.10. The van der Waals surface area contributed by atoms with Crippen LogP contribution in [-0.4, -0.2) is 19.3 Å². The fourth-order valence-corrected chi connectivity index (χ4v) is 3.01. The van der Waals surface area contributed by atoms with Gasteiger partial charge in [-0.25, -0.2) is 0 Å². The van der Waals surface area contributed by atoms with Crippen molar-refractivity contribution in [1.82, 2.24) is 0 Å². The zero-order valence-corrected chi connectivity index (χ0v) is 12.7. The highest BCUT2D eigenvalue weighted by Crippen LogP contribution is 2.34. The maximum atomic E-state index is 12.8. The Balaban J connectivity index is 2.05. The first-order chi connectivity index (χ1) is 9.38. The van der Waals surface area contributed by atoms with Gasteiger partial charge in [-0.3, -0.25) is 0 Å². The van der Waals surface area contributed by atoms with Gasteiger partial charge in [-0.15, -0.1) is 0 Å². The second-order valence-corrected chi connectivity index (χ2v) is 6.00. The van der Waals surface area contributed by atoms with Gasteiger partial charge in [-0.2, -0.15) is 13.2 Å². The van der Waals surface area contributed by atoms with E-state index < -0.39 is 11.7 Å². The van der Waals surface area contributed by atoms with Gasteiger partial charge in [0.2, 0.25) is 0 Å². The van der Waals surface area contributed by atoms with Crippen LogP contribution in [0.3, 0.4) is 0 Å². The molecule has 0 radical (unpaired) electrons.